The number of thioether (sulfide) groups is 1. The molecule has 1 aromatic rings. The van der Waals surface area contributed by atoms with Gasteiger partial charge in [0.2, 0.25) is 5.91 Å². The fourth-order valence-corrected chi connectivity index (χ4v) is 5.02. The molecule has 0 saturated carbocycles. The van der Waals surface area contributed by atoms with Crippen LogP contribution in [0.2, 0.25) is 0 Å². The highest BCUT2D eigenvalue weighted by Crippen LogP contribution is 2.34. The highest BCUT2D eigenvalue weighted by atomic mass is 32.2. The Bertz CT molecular complexity index is 749. The summed E-state index contributed by atoms with van der Waals surface area (Å²) in [4.78, 5) is 29.8. The zero-order valence-corrected chi connectivity index (χ0v) is 17.0. The third-order valence-electron chi connectivity index (χ3n) is 5.04. The quantitative estimate of drug-likeness (QED) is 0.604. The Labute approximate surface area is 169 Å². The summed E-state index contributed by atoms with van der Waals surface area (Å²) in [5, 5.41) is 9.29. The van der Waals surface area contributed by atoms with E-state index in [1.54, 1.807) is 6.92 Å². The molecule has 1 aromatic carbocycles. The Morgan fingerprint density at radius 2 is 2.11 bits per heavy atom. The van der Waals surface area contributed by atoms with E-state index < -0.39 is 6.04 Å². The molecule has 2 saturated heterocycles. The number of aliphatic hydroxyl groups is 1. The van der Waals surface area contributed by atoms with Crippen LogP contribution in [0, 0.1) is 0 Å². The number of likely N-dealkylation sites (tertiary alicyclic amines) is 1. The van der Waals surface area contributed by atoms with Crippen LogP contribution in [0.3, 0.4) is 0 Å². The average Bonchev–Trinajstić information content (AvgIpc) is 2.95. The second-order valence-corrected chi connectivity index (χ2v) is 8.51. The van der Waals surface area contributed by atoms with Crippen LogP contribution in [0.4, 0.5) is 0 Å². The molecule has 0 aliphatic carbocycles. The van der Waals surface area contributed by atoms with Crippen molar-refractivity contribution in [3.05, 3.63) is 40.8 Å². The first-order chi connectivity index (χ1) is 13.0. The lowest BCUT2D eigenvalue weighted by Gasteiger charge is -2.38. The average molecular weight is 405 g/mol. The monoisotopic (exact) mass is 404 g/mol. The molecule has 1 N–H and O–H groups in total. The molecule has 3 rings (SSSR count). The van der Waals surface area contributed by atoms with Crippen LogP contribution >= 0.6 is 24.0 Å². The van der Waals surface area contributed by atoms with E-state index in [4.69, 9.17) is 12.2 Å². The summed E-state index contributed by atoms with van der Waals surface area (Å²) in [6.07, 6.45) is 5.29. The molecule has 144 valence electrons. The number of nitrogens with zero attached hydrogens (tertiary/aromatic N) is 2. The molecule has 2 amide bonds. The SMILES string of the molecule is C[C@@H](C(=O)N1CCCC[C@@H]1CCO)N1C(=O)/C(=C\c2ccccc2)SC1=S. The van der Waals surface area contributed by atoms with Crippen molar-refractivity contribution in [1.29, 1.82) is 0 Å². The predicted molar refractivity (Wildman–Crippen MR) is 112 cm³/mol. The normalized spacial score (nSPS) is 23.2. The summed E-state index contributed by atoms with van der Waals surface area (Å²) >= 11 is 6.64. The van der Waals surface area contributed by atoms with Gasteiger partial charge in [-0.25, -0.2) is 0 Å². The number of piperidine rings is 1. The van der Waals surface area contributed by atoms with Gasteiger partial charge in [-0.2, -0.15) is 0 Å². The van der Waals surface area contributed by atoms with Gasteiger partial charge in [-0.1, -0.05) is 54.3 Å². The third kappa shape index (κ3) is 4.42. The number of rotatable bonds is 5. The molecule has 0 radical (unpaired) electrons. The van der Waals surface area contributed by atoms with Crippen molar-refractivity contribution in [1.82, 2.24) is 9.80 Å². The molecule has 2 fully saturated rings. The Hall–Kier alpha value is -1.70. The molecule has 27 heavy (non-hydrogen) atoms. The molecule has 2 heterocycles. The summed E-state index contributed by atoms with van der Waals surface area (Å²) in [6.45, 7) is 2.47. The fourth-order valence-electron chi connectivity index (χ4n) is 3.60. The van der Waals surface area contributed by atoms with Gasteiger partial charge in [0.1, 0.15) is 10.4 Å². The zero-order valence-electron chi connectivity index (χ0n) is 15.3. The van der Waals surface area contributed by atoms with E-state index in [0.717, 1.165) is 24.8 Å². The first kappa shape index (κ1) is 20.0. The smallest absolute Gasteiger partial charge is 0.266 e. The van der Waals surface area contributed by atoms with E-state index in [1.807, 2.05) is 41.3 Å². The van der Waals surface area contributed by atoms with Crippen LogP contribution in [0.15, 0.2) is 35.2 Å². The summed E-state index contributed by atoms with van der Waals surface area (Å²) in [6, 6.07) is 9.00. The van der Waals surface area contributed by atoms with Crippen LogP contribution < -0.4 is 0 Å². The first-order valence-electron chi connectivity index (χ1n) is 9.26. The third-order valence-corrected chi connectivity index (χ3v) is 6.37. The van der Waals surface area contributed by atoms with Gasteiger partial charge >= 0.3 is 0 Å². The van der Waals surface area contributed by atoms with Crippen molar-refractivity contribution in [3.63, 3.8) is 0 Å². The summed E-state index contributed by atoms with van der Waals surface area (Å²) in [5.74, 6) is -0.309. The molecular formula is C20H24N2O3S2. The lowest BCUT2D eigenvalue weighted by atomic mass is 9.98. The largest absolute Gasteiger partial charge is 0.396 e. The van der Waals surface area contributed by atoms with Gasteiger partial charge in [-0.3, -0.25) is 14.5 Å². The number of hydrogen-bond acceptors (Lipinski definition) is 5. The Morgan fingerprint density at radius 3 is 2.81 bits per heavy atom. The minimum atomic E-state index is -0.640. The van der Waals surface area contributed by atoms with Crippen molar-refractivity contribution in [3.8, 4) is 0 Å². The number of thiocarbonyl (C=S) groups is 1. The van der Waals surface area contributed by atoms with E-state index >= 15 is 0 Å². The van der Waals surface area contributed by atoms with Gasteiger partial charge in [-0.15, -0.1) is 0 Å². The van der Waals surface area contributed by atoms with Crippen molar-refractivity contribution >= 4 is 46.2 Å². The Morgan fingerprint density at radius 1 is 1.37 bits per heavy atom. The number of aliphatic hydroxyl groups excluding tert-OH is 1. The number of amides is 2. The van der Waals surface area contributed by atoms with E-state index in [2.05, 4.69) is 0 Å². The lowest BCUT2D eigenvalue weighted by Crippen LogP contribution is -2.53. The molecule has 2 aliphatic rings. The lowest BCUT2D eigenvalue weighted by molar-refractivity contribution is -0.142. The van der Waals surface area contributed by atoms with Crippen molar-refractivity contribution in [2.24, 2.45) is 0 Å². The van der Waals surface area contributed by atoms with Crippen LogP contribution in [-0.2, 0) is 9.59 Å². The van der Waals surface area contributed by atoms with Crippen molar-refractivity contribution in [2.75, 3.05) is 13.2 Å². The second-order valence-electron chi connectivity index (χ2n) is 6.83. The topological polar surface area (TPSA) is 60.9 Å². The minimum absolute atomic E-state index is 0.0389. The minimum Gasteiger partial charge on any atom is -0.396 e. The number of carbonyl (C=O) groups excluding carboxylic acids is 2. The molecule has 7 heteroatoms. The van der Waals surface area contributed by atoms with Crippen LogP contribution in [0.25, 0.3) is 6.08 Å². The molecule has 0 spiro atoms. The van der Waals surface area contributed by atoms with Gasteiger partial charge < -0.3 is 10.0 Å². The Kier molecular flexibility index (Phi) is 6.68. The second kappa shape index (κ2) is 8.99. The van der Waals surface area contributed by atoms with E-state index in [0.29, 0.717) is 22.2 Å². The molecule has 2 aliphatic heterocycles. The highest BCUT2D eigenvalue weighted by molar-refractivity contribution is 8.26. The molecule has 0 aromatic heterocycles. The van der Waals surface area contributed by atoms with Crippen molar-refractivity contribution in [2.45, 2.75) is 44.7 Å². The fraction of sp³-hybridized carbons (Fsp3) is 0.450. The summed E-state index contributed by atoms with van der Waals surface area (Å²) < 4.78 is 0.416. The zero-order chi connectivity index (χ0) is 19.4. The van der Waals surface area contributed by atoms with Crippen molar-refractivity contribution < 1.29 is 14.7 Å². The summed E-state index contributed by atoms with van der Waals surface area (Å²) in [7, 11) is 0. The highest BCUT2D eigenvalue weighted by Gasteiger charge is 2.40. The standard InChI is InChI=1S/C20H24N2O3S2/c1-14(18(24)21-11-6-5-9-16(21)10-12-23)22-19(25)17(27-20(22)26)13-15-7-3-2-4-8-15/h2-4,7-8,13-14,16,23H,5-6,9-12H2,1H3/b17-13+/t14-,16+/m0/s1. The predicted octanol–water partition coefficient (Wildman–Crippen LogP) is 3.04. The number of carbonyl (C=O) groups is 2. The summed E-state index contributed by atoms with van der Waals surface area (Å²) in [5.41, 5.74) is 0.927. The molecular weight excluding hydrogens is 380 g/mol. The molecule has 2 atom stereocenters. The Balaban J connectivity index is 1.76. The van der Waals surface area contributed by atoms with Gasteiger partial charge in [0, 0.05) is 19.2 Å². The van der Waals surface area contributed by atoms with E-state index in [-0.39, 0.29) is 24.5 Å². The van der Waals surface area contributed by atoms with Crippen LogP contribution in [0.1, 0.15) is 38.2 Å². The number of hydrogen-bond donors (Lipinski definition) is 1. The number of benzene rings is 1. The van der Waals surface area contributed by atoms with Crippen LogP contribution in [0.5, 0.6) is 0 Å². The maximum Gasteiger partial charge on any atom is 0.266 e. The van der Waals surface area contributed by atoms with Gasteiger partial charge in [0.25, 0.3) is 5.91 Å². The molecule has 0 bridgehead atoms. The molecule has 5 nitrogen and oxygen atoms in total. The van der Waals surface area contributed by atoms with Gasteiger partial charge in [0.15, 0.2) is 0 Å². The van der Waals surface area contributed by atoms with E-state index in [1.165, 1.54) is 16.7 Å². The van der Waals surface area contributed by atoms with Gasteiger partial charge in [-0.05, 0) is 44.2 Å². The molecule has 0 unspecified atom stereocenters. The maximum absolute atomic E-state index is 13.1. The van der Waals surface area contributed by atoms with E-state index in [9.17, 15) is 14.7 Å². The maximum atomic E-state index is 13.1. The first-order valence-corrected chi connectivity index (χ1v) is 10.5. The van der Waals surface area contributed by atoms with Gasteiger partial charge in [0.05, 0.1) is 4.91 Å². The van der Waals surface area contributed by atoms with Crippen LogP contribution in [-0.4, -0.2) is 56.3 Å².